The maximum absolute atomic E-state index is 12.0. The standard InChI is InChI=1S/C16H17ClN2O3.Na/c1-10(2)6-13(20)8-19-9-14(16(21)22)18-15(19)11-4-3-5-12(17)7-11;/h3-5,7,9-10H,6,8H2,1-2H3,(H,21,22);/q;+1/p-1. The number of carbonyl (C=O) groups excluding carboxylic acids is 2. The number of aromatic nitrogens is 2. The quantitative estimate of drug-likeness (QED) is 0.643. The Labute approximate surface area is 162 Å². The Morgan fingerprint density at radius 3 is 2.61 bits per heavy atom. The van der Waals surface area contributed by atoms with Gasteiger partial charge in [0.05, 0.1) is 12.5 Å². The van der Waals surface area contributed by atoms with Crippen LogP contribution >= 0.6 is 11.6 Å². The summed E-state index contributed by atoms with van der Waals surface area (Å²) in [7, 11) is 0. The molecule has 0 atom stereocenters. The van der Waals surface area contributed by atoms with Crippen LogP contribution in [-0.2, 0) is 11.3 Å². The Bertz CT molecular complexity index is 713. The first-order valence-corrected chi connectivity index (χ1v) is 7.30. The SMILES string of the molecule is CC(C)CC(=O)Cn1cc(C(=O)[O-])nc1-c1cccc(Cl)c1.[Na+]. The Morgan fingerprint density at radius 2 is 2.04 bits per heavy atom. The van der Waals surface area contributed by atoms with Gasteiger partial charge in [0.2, 0.25) is 0 Å². The predicted octanol–water partition coefficient (Wildman–Crippen LogP) is -0.814. The van der Waals surface area contributed by atoms with E-state index in [9.17, 15) is 14.7 Å². The minimum absolute atomic E-state index is 0. The molecule has 23 heavy (non-hydrogen) atoms. The molecular formula is C16H16ClN2NaO3. The number of rotatable bonds is 6. The Morgan fingerprint density at radius 1 is 1.35 bits per heavy atom. The molecule has 0 aliphatic rings. The van der Waals surface area contributed by atoms with E-state index in [4.69, 9.17) is 11.6 Å². The zero-order valence-electron chi connectivity index (χ0n) is 13.4. The molecule has 0 spiro atoms. The van der Waals surface area contributed by atoms with Crippen molar-refractivity contribution in [1.29, 1.82) is 0 Å². The van der Waals surface area contributed by atoms with Gasteiger partial charge in [-0.25, -0.2) is 4.98 Å². The van der Waals surface area contributed by atoms with Crippen LogP contribution in [0.2, 0.25) is 5.02 Å². The number of ketones is 1. The molecule has 1 heterocycles. The zero-order chi connectivity index (χ0) is 16.3. The Kier molecular flexibility index (Phi) is 7.48. The number of nitrogens with zero attached hydrogens (tertiary/aromatic N) is 2. The molecule has 0 fully saturated rings. The van der Waals surface area contributed by atoms with Gasteiger partial charge in [-0.3, -0.25) is 4.79 Å². The molecule has 1 aromatic carbocycles. The Balaban J connectivity index is 0.00000264. The van der Waals surface area contributed by atoms with E-state index in [2.05, 4.69) is 4.98 Å². The van der Waals surface area contributed by atoms with E-state index < -0.39 is 5.97 Å². The molecule has 2 aromatic rings. The first-order valence-electron chi connectivity index (χ1n) is 6.93. The number of benzene rings is 1. The number of carbonyl (C=O) groups is 2. The van der Waals surface area contributed by atoms with Crippen molar-refractivity contribution in [1.82, 2.24) is 9.55 Å². The molecule has 5 nitrogen and oxygen atoms in total. The van der Waals surface area contributed by atoms with Crippen molar-refractivity contribution in [2.75, 3.05) is 0 Å². The normalized spacial score (nSPS) is 10.4. The molecule has 0 bridgehead atoms. The molecule has 0 aliphatic heterocycles. The van der Waals surface area contributed by atoms with Gasteiger partial charge in [0.15, 0.2) is 5.78 Å². The van der Waals surface area contributed by atoms with Crippen LogP contribution in [0.25, 0.3) is 11.4 Å². The fourth-order valence-electron chi connectivity index (χ4n) is 2.20. The summed E-state index contributed by atoms with van der Waals surface area (Å²) in [5.41, 5.74) is 0.449. The summed E-state index contributed by atoms with van der Waals surface area (Å²) < 4.78 is 1.53. The maximum Gasteiger partial charge on any atom is 1.00 e. The summed E-state index contributed by atoms with van der Waals surface area (Å²) >= 11 is 5.96. The van der Waals surface area contributed by atoms with Crippen molar-refractivity contribution in [2.45, 2.75) is 26.8 Å². The molecule has 0 amide bonds. The van der Waals surface area contributed by atoms with Crippen LogP contribution in [0.4, 0.5) is 0 Å². The van der Waals surface area contributed by atoms with Crippen molar-refractivity contribution < 1.29 is 44.3 Å². The van der Waals surface area contributed by atoms with Crippen LogP contribution in [0, 0.1) is 5.92 Å². The van der Waals surface area contributed by atoms with E-state index in [0.29, 0.717) is 22.8 Å². The van der Waals surface area contributed by atoms with Gasteiger partial charge >= 0.3 is 29.6 Å². The van der Waals surface area contributed by atoms with E-state index in [0.717, 1.165) is 0 Å². The largest absolute Gasteiger partial charge is 1.00 e. The Hall–Kier alpha value is -1.14. The second-order valence-electron chi connectivity index (χ2n) is 5.51. The van der Waals surface area contributed by atoms with Gasteiger partial charge in [0.1, 0.15) is 11.5 Å². The minimum Gasteiger partial charge on any atom is -0.543 e. The number of imidazole rings is 1. The van der Waals surface area contributed by atoms with Crippen molar-refractivity contribution in [2.24, 2.45) is 5.92 Å². The van der Waals surface area contributed by atoms with E-state index in [1.807, 2.05) is 13.8 Å². The number of hydrogen-bond acceptors (Lipinski definition) is 4. The number of carboxylic acids is 1. The van der Waals surface area contributed by atoms with Crippen LogP contribution in [0.3, 0.4) is 0 Å². The van der Waals surface area contributed by atoms with Gasteiger partial charge in [-0.1, -0.05) is 37.6 Å². The summed E-state index contributed by atoms with van der Waals surface area (Å²) in [5.74, 6) is -0.732. The van der Waals surface area contributed by atoms with Gasteiger partial charge < -0.3 is 14.5 Å². The van der Waals surface area contributed by atoms with Gasteiger partial charge in [-0.2, -0.15) is 0 Å². The van der Waals surface area contributed by atoms with E-state index >= 15 is 0 Å². The predicted molar refractivity (Wildman–Crippen MR) is 81.5 cm³/mol. The number of aromatic carboxylic acids is 1. The van der Waals surface area contributed by atoms with Gasteiger partial charge in [0.25, 0.3) is 0 Å². The molecule has 0 saturated heterocycles. The molecule has 0 saturated carbocycles. The van der Waals surface area contributed by atoms with Crippen LogP contribution < -0.4 is 34.7 Å². The minimum atomic E-state index is -1.38. The second-order valence-corrected chi connectivity index (χ2v) is 5.95. The van der Waals surface area contributed by atoms with Crippen molar-refractivity contribution in [3.63, 3.8) is 0 Å². The molecular weight excluding hydrogens is 327 g/mol. The molecule has 0 aliphatic carbocycles. The van der Waals surface area contributed by atoms with Crippen LogP contribution in [-0.4, -0.2) is 21.3 Å². The average Bonchev–Trinajstić information content (AvgIpc) is 2.81. The topological polar surface area (TPSA) is 75.0 Å². The molecule has 0 radical (unpaired) electrons. The molecule has 0 N–H and O–H groups in total. The van der Waals surface area contributed by atoms with Crippen molar-refractivity contribution in [3.05, 3.63) is 41.2 Å². The van der Waals surface area contributed by atoms with Crippen molar-refractivity contribution >= 4 is 23.4 Å². The fraction of sp³-hybridized carbons (Fsp3) is 0.312. The fourth-order valence-corrected chi connectivity index (χ4v) is 2.39. The van der Waals surface area contributed by atoms with Gasteiger partial charge in [0, 0.05) is 23.2 Å². The number of carboxylic acid groups (broad SMARTS) is 1. The van der Waals surface area contributed by atoms with E-state index in [-0.39, 0.29) is 53.5 Å². The third-order valence-corrected chi connectivity index (χ3v) is 3.29. The number of Topliss-reactive ketones (excluding diaryl/α,β-unsaturated/α-hetero) is 1. The van der Waals surface area contributed by atoms with Crippen LogP contribution in [0.5, 0.6) is 0 Å². The summed E-state index contributed by atoms with van der Waals surface area (Å²) in [6, 6.07) is 6.89. The summed E-state index contributed by atoms with van der Waals surface area (Å²) in [5, 5.41) is 11.5. The van der Waals surface area contributed by atoms with Crippen molar-refractivity contribution in [3.8, 4) is 11.4 Å². The third kappa shape index (κ3) is 5.46. The molecule has 2 rings (SSSR count). The summed E-state index contributed by atoms with van der Waals surface area (Å²) in [6.07, 6.45) is 1.75. The number of halogens is 1. The molecule has 1 aromatic heterocycles. The van der Waals surface area contributed by atoms with Gasteiger partial charge in [-0.15, -0.1) is 0 Å². The van der Waals surface area contributed by atoms with E-state index in [1.165, 1.54) is 10.8 Å². The van der Waals surface area contributed by atoms with Crippen LogP contribution in [0.1, 0.15) is 30.8 Å². The monoisotopic (exact) mass is 342 g/mol. The average molecular weight is 343 g/mol. The summed E-state index contributed by atoms with van der Waals surface area (Å²) in [6.45, 7) is 3.98. The van der Waals surface area contributed by atoms with Gasteiger partial charge in [-0.05, 0) is 18.1 Å². The molecule has 7 heteroatoms. The molecule has 0 unspecified atom stereocenters. The first-order chi connectivity index (χ1) is 10.4. The maximum atomic E-state index is 12.0. The zero-order valence-corrected chi connectivity index (χ0v) is 16.1. The van der Waals surface area contributed by atoms with Crippen LogP contribution in [0.15, 0.2) is 30.5 Å². The molecule has 116 valence electrons. The van der Waals surface area contributed by atoms with E-state index in [1.54, 1.807) is 24.3 Å². The first kappa shape index (κ1) is 19.9. The third-order valence-electron chi connectivity index (χ3n) is 3.05. The smallest absolute Gasteiger partial charge is 0.543 e. The number of hydrogen-bond donors (Lipinski definition) is 0. The summed E-state index contributed by atoms with van der Waals surface area (Å²) in [4.78, 5) is 27.1. The second kappa shape index (κ2) is 8.64.